The lowest BCUT2D eigenvalue weighted by molar-refractivity contribution is 0.294. The van der Waals surface area contributed by atoms with Crippen LogP contribution in [0.3, 0.4) is 0 Å². The van der Waals surface area contributed by atoms with Gasteiger partial charge in [-0.05, 0) is 48.0 Å². The van der Waals surface area contributed by atoms with Crippen LogP contribution in [0.15, 0.2) is 71.6 Å². The molecule has 0 fully saturated rings. The summed E-state index contributed by atoms with van der Waals surface area (Å²) in [5.41, 5.74) is 3.37. The van der Waals surface area contributed by atoms with Gasteiger partial charge in [-0.25, -0.2) is 13.4 Å². The lowest BCUT2D eigenvalue weighted by Gasteiger charge is -2.18. The second kappa shape index (κ2) is 11.0. The van der Waals surface area contributed by atoms with Crippen molar-refractivity contribution in [2.45, 2.75) is 29.8 Å². The van der Waals surface area contributed by atoms with Crippen molar-refractivity contribution in [2.75, 3.05) is 20.2 Å². The van der Waals surface area contributed by atoms with Gasteiger partial charge in [-0.1, -0.05) is 60.7 Å². The van der Waals surface area contributed by atoms with Crippen LogP contribution in [0.25, 0.3) is 16.7 Å². The molecule has 0 unspecified atom stereocenters. The van der Waals surface area contributed by atoms with Crippen molar-refractivity contribution in [1.82, 2.24) is 13.9 Å². The third kappa shape index (κ3) is 5.17. The van der Waals surface area contributed by atoms with Crippen LogP contribution in [0.4, 0.5) is 0 Å². The van der Waals surface area contributed by atoms with Crippen molar-refractivity contribution in [2.24, 2.45) is 0 Å². The highest BCUT2D eigenvalue weighted by Crippen LogP contribution is 2.31. The van der Waals surface area contributed by atoms with Gasteiger partial charge in [0.1, 0.15) is 18.1 Å². The number of imidazole rings is 1. The van der Waals surface area contributed by atoms with E-state index in [-0.39, 0.29) is 11.5 Å². The van der Waals surface area contributed by atoms with Gasteiger partial charge >= 0.3 is 0 Å². The topological polar surface area (TPSA) is 73.7 Å². The first-order valence-corrected chi connectivity index (χ1v) is 14.3. The standard InChI is InChI=1S/C26H28IN3O4S/c1-4-29(5-2)35(31,32)21-14-15-23-22(16-21)28-26(18-34-20-12-10-19(17-27)11-13-20)30(23)24-8-6-7-9-25(24)33-3/h6-16H,4-5,17-18H2,1-3H3. The molecule has 0 aliphatic rings. The number of hydrogen-bond donors (Lipinski definition) is 0. The molecule has 7 nitrogen and oxygen atoms in total. The number of fused-ring (bicyclic) bond motifs is 1. The van der Waals surface area contributed by atoms with Crippen LogP contribution >= 0.6 is 22.6 Å². The van der Waals surface area contributed by atoms with Gasteiger partial charge in [0.2, 0.25) is 10.0 Å². The van der Waals surface area contributed by atoms with Gasteiger partial charge in [0.15, 0.2) is 5.82 Å². The average Bonchev–Trinajstić information content (AvgIpc) is 3.25. The maximum absolute atomic E-state index is 13.1. The van der Waals surface area contributed by atoms with Crippen LogP contribution in [-0.2, 0) is 21.1 Å². The minimum absolute atomic E-state index is 0.203. The molecule has 0 atom stereocenters. The van der Waals surface area contributed by atoms with Crippen LogP contribution in [-0.4, -0.2) is 42.5 Å². The Labute approximate surface area is 219 Å². The summed E-state index contributed by atoms with van der Waals surface area (Å²) in [7, 11) is -1.99. The highest BCUT2D eigenvalue weighted by molar-refractivity contribution is 14.1. The van der Waals surface area contributed by atoms with Crippen LogP contribution < -0.4 is 9.47 Å². The van der Waals surface area contributed by atoms with E-state index < -0.39 is 10.0 Å². The Bertz CT molecular complexity index is 1410. The molecular formula is C26H28IN3O4S. The molecule has 0 N–H and O–H groups in total. The van der Waals surface area contributed by atoms with Crippen molar-refractivity contribution in [3.05, 3.63) is 78.1 Å². The van der Waals surface area contributed by atoms with Crippen LogP contribution in [0, 0.1) is 0 Å². The second-order valence-electron chi connectivity index (χ2n) is 7.84. The number of rotatable bonds is 10. The fraction of sp³-hybridized carbons (Fsp3) is 0.269. The van der Waals surface area contributed by atoms with Gasteiger partial charge in [-0.3, -0.25) is 4.57 Å². The first-order valence-electron chi connectivity index (χ1n) is 11.4. The Morgan fingerprint density at radius 1 is 1.00 bits per heavy atom. The summed E-state index contributed by atoms with van der Waals surface area (Å²) in [6.07, 6.45) is 0. The maximum atomic E-state index is 13.1. The summed E-state index contributed by atoms with van der Waals surface area (Å²) in [4.78, 5) is 5.02. The molecule has 0 aliphatic carbocycles. The molecule has 1 heterocycles. The fourth-order valence-electron chi connectivity index (χ4n) is 3.99. The summed E-state index contributed by atoms with van der Waals surface area (Å²) in [5, 5.41) is 0. The SMILES string of the molecule is CCN(CC)S(=O)(=O)c1ccc2c(c1)nc(COc1ccc(CI)cc1)n2-c1ccccc1OC. The number of alkyl halides is 1. The largest absolute Gasteiger partial charge is 0.495 e. The number of aromatic nitrogens is 2. The number of methoxy groups -OCH3 is 1. The molecule has 0 radical (unpaired) electrons. The summed E-state index contributed by atoms with van der Waals surface area (Å²) in [5.74, 6) is 2.06. The van der Waals surface area contributed by atoms with E-state index in [1.807, 2.05) is 66.9 Å². The summed E-state index contributed by atoms with van der Waals surface area (Å²) in [6.45, 7) is 4.68. The van der Waals surface area contributed by atoms with E-state index in [9.17, 15) is 8.42 Å². The molecule has 0 bridgehead atoms. The Morgan fingerprint density at radius 3 is 2.37 bits per heavy atom. The van der Waals surface area contributed by atoms with Gasteiger partial charge in [0, 0.05) is 17.5 Å². The highest BCUT2D eigenvalue weighted by atomic mass is 127. The number of ether oxygens (including phenoxy) is 2. The van der Waals surface area contributed by atoms with E-state index in [0.717, 1.165) is 21.4 Å². The molecule has 1 aromatic heterocycles. The lowest BCUT2D eigenvalue weighted by Crippen LogP contribution is -2.30. The van der Waals surface area contributed by atoms with Crippen molar-refractivity contribution in [3.8, 4) is 17.2 Å². The molecule has 184 valence electrons. The van der Waals surface area contributed by atoms with E-state index in [0.29, 0.717) is 30.2 Å². The highest BCUT2D eigenvalue weighted by Gasteiger charge is 2.24. The molecule has 35 heavy (non-hydrogen) atoms. The minimum atomic E-state index is -3.61. The molecule has 0 amide bonds. The van der Waals surface area contributed by atoms with Gasteiger partial charge < -0.3 is 9.47 Å². The monoisotopic (exact) mass is 605 g/mol. The van der Waals surface area contributed by atoms with E-state index in [2.05, 4.69) is 22.6 Å². The first kappa shape index (κ1) is 25.5. The molecular weight excluding hydrogens is 577 g/mol. The number of benzene rings is 3. The molecule has 9 heteroatoms. The number of para-hydroxylation sites is 2. The molecule has 0 saturated heterocycles. The van der Waals surface area contributed by atoms with E-state index in [4.69, 9.17) is 14.5 Å². The number of halogens is 1. The lowest BCUT2D eigenvalue weighted by atomic mass is 10.2. The predicted molar refractivity (Wildman–Crippen MR) is 146 cm³/mol. The number of sulfonamides is 1. The molecule has 4 rings (SSSR count). The predicted octanol–water partition coefficient (Wildman–Crippen LogP) is 5.58. The van der Waals surface area contributed by atoms with Gasteiger partial charge in [0.05, 0.1) is 28.7 Å². The Kier molecular flexibility index (Phi) is 7.98. The van der Waals surface area contributed by atoms with Crippen molar-refractivity contribution in [1.29, 1.82) is 0 Å². The number of nitrogens with zero attached hydrogens (tertiary/aromatic N) is 3. The van der Waals surface area contributed by atoms with Crippen LogP contribution in [0.2, 0.25) is 0 Å². The smallest absolute Gasteiger partial charge is 0.243 e. The summed E-state index contributed by atoms with van der Waals surface area (Å²) < 4.78 is 42.2. The molecule has 4 aromatic rings. The molecule has 0 spiro atoms. The third-order valence-corrected chi connectivity index (χ3v) is 8.74. The van der Waals surface area contributed by atoms with Gasteiger partial charge in [-0.2, -0.15) is 4.31 Å². The zero-order valence-electron chi connectivity index (χ0n) is 19.9. The minimum Gasteiger partial charge on any atom is -0.495 e. The number of hydrogen-bond acceptors (Lipinski definition) is 5. The van der Waals surface area contributed by atoms with E-state index in [1.165, 1.54) is 9.87 Å². The molecule has 3 aromatic carbocycles. The second-order valence-corrected chi connectivity index (χ2v) is 10.5. The maximum Gasteiger partial charge on any atom is 0.243 e. The van der Waals surface area contributed by atoms with E-state index in [1.54, 1.807) is 25.3 Å². The fourth-order valence-corrected chi connectivity index (χ4v) is 5.97. The van der Waals surface area contributed by atoms with Crippen LogP contribution in [0.1, 0.15) is 25.2 Å². The van der Waals surface area contributed by atoms with E-state index >= 15 is 0 Å². The zero-order chi connectivity index (χ0) is 25.0. The quantitative estimate of drug-likeness (QED) is 0.174. The molecule has 0 aliphatic heterocycles. The first-order chi connectivity index (χ1) is 16.9. The summed E-state index contributed by atoms with van der Waals surface area (Å²) >= 11 is 2.33. The molecule has 0 saturated carbocycles. The average molecular weight is 605 g/mol. The normalized spacial score (nSPS) is 11.8. The van der Waals surface area contributed by atoms with Gasteiger partial charge in [-0.15, -0.1) is 0 Å². The Hall–Kier alpha value is -2.63. The van der Waals surface area contributed by atoms with Crippen molar-refractivity contribution < 1.29 is 17.9 Å². The van der Waals surface area contributed by atoms with Crippen LogP contribution in [0.5, 0.6) is 11.5 Å². The zero-order valence-corrected chi connectivity index (χ0v) is 22.9. The Morgan fingerprint density at radius 2 is 1.71 bits per heavy atom. The third-order valence-electron chi connectivity index (χ3n) is 5.81. The van der Waals surface area contributed by atoms with Crippen molar-refractivity contribution >= 4 is 43.6 Å². The Balaban J connectivity index is 1.81. The van der Waals surface area contributed by atoms with Crippen molar-refractivity contribution in [3.63, 3.8) is 0 Å². The van der Waals surface area contributed by atoms with Gasteiger partial charge in [0.25, 0.3) is 0 Å². The summed E-state index contributed by atoms with van der Waals surface area (Å²) in [6, 6.07) is 20.7.